The van der Waals surface area contributed by atoms with Gasteiger partial charge in [-0.2, -0.15) is 4.31 Å². The van der Waals surface area contributed by atoms with Crippen LogP contribution in [0.5, 0.6) is 5.75 Å². The van der Waals surface area contributed by atoms with Crippen molar-refractivity contribution in [3.63, 3.8) is 0 Å². The lowest BCUT2D eigenvalue weighted by molar-refractivity contribution is 0.146. The Hall–Kier alpha value is -1.15. The average molecular weight is 342 g/mol. The minimum Gasteiger partial charge on any atom is -0.491 e. The van der Waals surface area contributed by atoms with E-state index in [1.165, 1.54) is 0 Å². The Bertz CT molecular complexity index is 589. The Morgan fingerprint density at radius 3 is 2.57 bits per heavy atom. The van der Waals surface area contributed by atoms with E-state index in [0.717, 1.165) is 12.8 Å². The van der Waals surface area contributed by atoms with Crippen LogP contribution < -0.4 is 10.5 Å². The summed E-state index contributed by atoms with van der Waals surface area (Å²) in [5, 5.41) is 0. The molecule has 1 aliphatic rings. The summed E-state index contributed by atoms with van der Waals surface area (Å²) in [7, 11) is -1.92. The fourth-order valence-corrected chi connectivity index (χ4v) is 4.72. The van der Waals surface area contributed by atoms with Crippen LogP contribution in [0.2, 0.25) is 0 Å². The lowest BCUT2D eigenvalue weighted by Crippen LogP contribution is -2.51. The number of rotatable bonds is 7. The van der Waals surface area contributed by atoms with Gasteiger partial charge in [-0.05, 0) is 43.0 Å². The molecule has 7 heteroatoms. The van der Waals surface area contributed by atoms with Crippen molar-refractivity contribution in [2.75, 3.05) is 33.4 Å². The Labute approximate surface area is 138 Å². The smallest absolute Gasteiger partial charge is 0.243 e. The van der Waals surface area contributed by atoms with Crippen LogP contribution in [0.15, 0.2) is 29.2 Å². The minimum absolute atomic E-state index is 0.133. The fourth-order valence-electron chi connectivity index (χ4n) is 2.95. The van der Waals surface area contributed by atoms with Crippen molar-refractivity contribution in [3.8, 4) is 5.75 Å². The molecule has 23 heavy (non-hydrogen) atoms. The van der Waals surface area contributed by atoms with E-state index in [1.54, 1.807) is 35.7 Å². The number of sulfonamides is 1. The Kier molecular flexibility index (Phi) is 6.41. The van der Waals surface area contributed by atoms with E-state index in [4.69, 9.17) is 15.2 Å². The first-order valence-electron chi connectivity index (χ1n) is 7.94. The Morgan fingerprint density at radius 1 is 1.26 bits per heavy atom. The van der Waals surface area contributed by atoms with Gasteiger partial charge in [0.2, 0.25) is 10.0 Å². The van der Waals surface area contributed by atoms with Crippen molar-refractivity contribution < 1.29 is 17.9 Å². The van der Waals surface area contributed by atoms with Crippen LogP contribution in [0.1, 0.15) is 19.8 Å². The van der Waals surface area contributed by atoms with Crippen LogP contribution in [0, 0.1) is 5.92 Å². The van der Waals surface area contributed by atoms with Crippen LogP contribution >= 0.6 is 0 Å². The van der Waals surface area contributed by atoms with E-state index < -0.39 is 10.0 Å². The monoisotopic (exact) mass is 342 g/mol. The first-order chi connectivity index (χ1) is 11.0. The maximum atomic E-state index is 12.9. The van der Waals surface area contributed by atoms with Crippen molar-refractivity contribution in [3.05, 3.63) is 24.3 Å². The van der Waals surface area contributed by atoms with Gasteiger partial charge in [-0.25, -0.2) is 8.42 Å². The molecular weight excluding hydrogens is 316 g/mol. The largest absolute Gasteiger partial charge is 0.491 e. The van der Waals surface area contributed by atoms with E-state index in [0.29, 0.717) is 32.1 Å². The zero-order valence-electron chi connectivity index (χ0n) is 13.8. The molecular formula is C16H26N2O4S. The van der Waals surface area contributed by atoms with Gasteiger partial charge in [0, 0.05) is 26.2 Å². The Morgan fingerprint density at radius 2 is 1.96 bits per heavy atom. The predicted octanol–water partition coefficient (Wildman–Crippen LogP) is 1.46. The number of hydrogen-bond acceptors (Lipinski definition) is 5. The number of piperidine rings is 1. The maximum absolute atomic E-state index is 12.9. The van der Waals surface area contributed by atoms with E-state index in [9.17, 15) is 8.42 Å². The van der Waals surface area contributed by atoms with Crippen molar-refractivity contribution in [1.82, 2.24) is 4.31 Å². The second-order valence-corrected chi connectivity index (χ2v) is 7.74. The molecule has 1 aliphatic heterocycles. The summed E-state index contributed by atoms with van der Waals surface area (Å²) in [5.41, 5.74) is 5.81. The van der Waals surface area contributed by atoms with E-state index in [2.05, 4.69) is 6.92 Å². The van der Waals surface area contributed by atoms with Crippen LogP contribution in [0.3, 0.4) is 0 Å². The van der Waals surface area contributed by atoms with E-state index in [-0.39, 0.29) is 16.9 Å². The van der Waals surface area contributed by atoms with Crippen molar-refractivity contribution >= 4 is 10.0 Å². The molecule has 0 aliphatic carbocycles. The number of methoxy groups -OCH3 is 1. The summed E-state index contributed by atoms with van der Waals surface area (Å²) in [5.74, 6) is 0.906. The third-order valence-corrected chi connectivity index (χ3v) is 6.23. The third kappa shape index (κ3) is 4.23. The van der Waals surface area contributed by atoms with Gasteiger partial charge in [-0.15, -0.1) is 0 Å². The highest BCUT2D eigenvalue weighted by molar-refractivity contribution is 7.89. The quantitative estimate of drug-likeness (QED) is 0.759. The van der Waals surface area contributed by atoms with E-state index in [1.807, 2.05) is 0 Å². The number of nitrogens with zero attached hydrogens (tertiary/aromatic N) is 1. The molecule has 1 fully saturated rings. The molecule has 1 saturated heterocycles. The molecule has 2 rings (SSSR count). The van der Waals surface area contributed by atoms with Gasteiger partial charge in [0.15, 0.2) is 0 Å². The first-order valence-corrected chi connectivity index (χ1v) is 9.38. The van der Waals surface area contributed by atoms with Gasteiger partial charge >= 0.3 is 0 Å². The second-order valence-electron chi connectivity index (χ2n) is 5.85. The van der Waals surface area contributed by atoms with Crippen LogP contribution in [0.25, 0.3) is 0 Å². The predicted molar refractivity (Wildman–Crippen MR) is 88.9 cm³/mol. The summed E-state index contributed by atoms with van der Waals surface area (Å²) < 4.78 is 37.7. The summed E-state index contributed by atoms with van der Waals surface area (Å²) in [6, 6.07) is 6.39. The highest BCUT2D eigenvalue weighted by Gasteiger charge is 2.36. The van der Waals surface area contributed by atoms with Crippen molar-refractivity contribution in [2.45, 2.75) is 30.7 Å². The van der Waals surface area contributed by atoms with Crippen molar-refractivity contribution in [1.29, 1.82) is 0 Å². The molecule has 0 aromatic heterocycles. The maximum Gasteiger partial charge on any atom is 0.243 e. The number of benzene rings is 1. The molecule has 0 saturated carbocycles. The zero-order chi connectivity index (χ0) is 16.9. The molecule has 1 aromatic rings. The van der Waals surface area contributed by atoms with E-state index >= 15 is 0 Å². The molecule has 130 valence electrons. The number of nitrogens with two attached hydrogens (primary N) is 1. The lowest BCUT2D eigenvalue weighted by Gasteiger charge is -2.38. The number of hydrogen-bond donors (Lipinski definition) is 1. The van der Waals surface area contributed by atoms with Crippen LogP contribution in [-0.2, 0) is 14.8 Å². The molecule has 2 atom stereocenters. The third-order valence-electron chi connectivity index (χ3n) is 4.29. The SMILES string of the molecule is COCCOc1ccc(S(=O)(=O)N2CCC[C@H](C)[C@H]2CN)cc1. The lowest BCUT2D eigenvalue weighted by atomic mass is 9.93. The molecule has 2 N–H and O–H groups in total. The number of ether oxygens (including phenoxy) is 2. The standard InChI is InChI=1S/C16H26N2O4S/c1-13-4-3-9-18(16(13)12-17)23(19,20)15-7-5-14(6-8-15)22-11-10-21-2/h5-8,13,16H,3-4,9-12,17H2,1-2H3/t13-,16+/m0/s1. The molecule has 6 nitrogen and oxygen atoms in total. The van der Waals surface area contributed by atoms with Crippen molar-refractivity contribution in [2.24, 2.45) is 11.7 Å². The first kappa shape index (κ1) is 18.2. The van der Waals surface area contributed by atoms with Gasteiger partial charge < -0.3 is 15.2 Å². The Balaban J connectivity index is 2.15. The minimum atomic E-state index is -3.53. The second kappa shape index (κ2) is 8.10. The van der Waals surface area contributed by atoms with Gasteiger partial charge in [0.05, 0.1) is 11.5 Å². The molecule has 1 aromatic carbocycles. The molecule has 1 heterocycles. The van der Waals surface area contributed by atoms with Gasteiger partial charge in [0.25, 0.3) is 0 Å². The fraction of sp³-hybridized carbons (Fsp3) is 0.625. The molecule has 0 spiro atoms. The average Bonchev–Trinajstić information content (AvgIpc) is 2.55. The highest BCUT2D eigenvalue weighted by atomic mass is 32.2. The normalized spacial score (nSPS) is 22.9. The molecule has 0 amide bonds. The van der Waals surface area contributed by atoms with Gasteiger partial charge in [-0.3, -0.25) is 0 Å². The van der Waals surface area contributed by atoms with Gasteiger partial charge in [0.1, 0.15) is 12.4 Å². The highest BCUT2D eigenvalue weighted by Crippen LogP contribution is 2.29. The summed E-state index contributed by atoms with van der Waals surface area (Å²) in [4.78, 5) is 0.282. The summed E-state index contributed by atoms with van der Waals surface area (Å²) in [6.07, 6.45) is 1.88. The van der Waals surface area contributed by atoms with Gasteiger partial charge in [-0.1, -0.05) is 6.92 Å². The molecule has 0 unspecified atom stereocenters. The molecule has 0 radical (unpaired) electrons. The zero-order valence-corrected chi connectivity index (χ0v) is 14.6. The topological polar surface area (TPSA) is 81.9 Å². The van der Waals surface area contributed by atoms with Crippen LogP contribution in [0.4, 0.5) is 0 Å². The molecule has 0 bridgehead atoms. The summed E-state index contributed by atoms with van der Waals surface area (Å²) in [6.45, 7) is 3.86. The van der Waals surface area contributed by atoms with Crippen LogP contribution in [-0.4, -0.2) is 52.2 Å². The summed E-state index contributed by atoms with van der Waals surface area (Å²) >= 11 is 0.